The number of pyridine rings is 1. The van der Waals surface area contributed by atoms with Gasteiger partial charge in [-0.2, -0.15) is 5.10 Å². The number of hydrogen-bond acceptors (Lipinski definition) is 3. The third-order valence-corrected chi connectivity index (χ3v) is 3.21. The number of hydrogen-bond donors (Lipinski definition) is 2. The molecule has 0 amide bonds. The van der Waals surface area contributed by atoms with E-state index in [0.29, 0.717) is 15.6 Å². The minimum absolute atomic E-state index is 0.0834. The van der Waals surface area contributed by atoms with Crippen LogP contribution in [0.3, 0.4) is 0 Å². The van der Waals surface area contributed by atoms with E-state index in [1.54, 1.807) is 24.5 Å². The van der Waals surface area contributed by atoms with Gasteiger partial charge < -0.3 is 4.98 Å². The van der Waals surface area contributed by atoms with Gasteiger partial charge in [0, 0.05) is 11.8 Å². The normalized spacial score (nSPS) is 10.7. The number of aromatic amines is 2. The highest BCUT2D eigenvalue weighted by Crippen LogP contribution is 2.16. The Hall–Kier alpha value is -2.27. The van der Waals surface area contributed by atoms with E-state index >= 15 is 0 Å². The topological polar surface area (TPSA) is 61.5 Å². The Morgan fingerprint density at radius 3 is 2.78 bits per heavy atom. The van der Waals surface area contributed by atoms with Gasteiger partial charge in [-0.1, -0.05) is 42.5 Å². The summed E-state index contributed by atoms with van der Waals surface area (Å²) in [6.45, 7) is 0. The number of aromatic nitrogens is 3. The molecule has 3 aromatic rings. The number of nitrogens with zero attached hydrogens (tertiary/aromatic N) is 1. The summed E-state index contributed by atoms with van der Waals surface area (Å²) >= 11 is 5.32. The van der Waals surface area contributed by atoms with Crippen LogP contribution in [0.25, 0.3) is 11.0 Å². The number of H-pyrrole nitrogens is 2. The summed E-state index contributed by atoms with van der Waals surface area (Å²) in [6.07, 6.45) is 3.24. The summed E-state index contributed by atoms with van der Waals surface area (Å²) in [7, 11) is 0. The monoisotopic (exact) mass is 255 g/mol. The van der Waals surface area contributed by atoms with Crippen LogP contribution >= 0.6 is 12.2 Å². The van der Waals surface area contributed by atoms with E-state index in [-0.39, 0.29) is 5.78 Å². The molecule has 0 aliphatic rings. The molecule has 1 aromatic carbocycles. The molecule has 0 saturated heterocycles. The second kappa shape index (κ2) is 4.19. The van der Waals surface area contributed by atoms with Crippen LogP contribution in [-0.2, 0) is 0 Å². The van der Waals surface area contributed by atoms with Gasteiger partial charge in [0.2, 0.25) is 0 Å². The number of ketones is 1. The molecule has 0 saturated carbocycles. The Labute approximate surface area is 108 Å². The van der Waals surface area contributed by atoms with E-state index in [9.17, 15) is 4.79 Å². The lowest BCUT2D eigenvalue weighted by Gasteiger charge is -2.01. The SMILES string of the molecule is O=C(c1ccccc1)c1c[nH]c2[nH]ncc2c1=S. The van der Waals surface area contributed by atoms with E-state index in [0.717, 1.165) is 11.0 Å². The summed E-state index contributed by atoms with van der Waals surface area (Å²) in [4.78, 5) is 15.3. The van der Waals surface area contributed by atoms with Crippen LogP contribution in [0.15, 0.2) is 42.7 Å². The standard InChI is InChI=1S/C13H9N3OS/c17-11(8-4-2-1-3-5-8)9-6-14-13-10(12(9)18)7-15-16-13/h1-7H,(H2,14,15,16,18). The first-order valence-corrected chi connectivity index (χ1v) is 5.83. The Kier molecular flexibility index (Phi) is 2.53. The highest BCUT2D eigenvalue weighted by atomic mass is 32.1. The highest BCUT2D eigenvalue weighted by molar-refractivity contribution is 7.71. The van der Waals surface area contributed by atoms with Gasteiger partial charge in [-0.15, -0.1) is 0 Å². The van der Waals surface area contributed by atoms with Gasteiger partial charge in [0.05, 0.1) is 21.7 Å². The number of rotatable bonds is 2. The predicted octanol–water partition coefficient (Wildman–Crippen LogP) is 2.85. The third-order valence-electron chi connectivity index (χ3n) is 2.77. The van der Waals surface area contributed by atoms with E-state index in [1.165, 1.54) is 0 Å². The third kappa shape index (κ3) is 1.65. The molecule has 0 aliphatic heterocycles. The molecular formula is C13H9N3OS. The molecule has 3 rings (SSSR count). The molecule has 18 heavy (non-hydrogen) atoms. The van der Waals surface area contributed by atoms with Gasteiger partial charge in [-0.25, -0.2) is 0 Å². The second-order valence-corrected chi connectivity index (χ2v) is 4.29. The zero-order valence-electron chi connectivity index (χ0n) is 9.31. The first-order valence-electron chi connectivity index (χ1n) is 5.42. The largest absolute Gasteiger partial charge is 0.346 e. The fourth-order valence-corrected chi connectivity index (χ4v) is 2.14. The van der Waals surface area contributed by atoms with Crippen LogP contribution in [-0.4, -0.2) is 21.0 Å². The summed E-state index contributed by atoms with van der Waals surface area (Å²) in [6, 6.07) is 9.08. The molecular weight excluding hydrogens is 246 g/mol. The summed E-state index contributed by atoms with van der Waals surface area (Å²) < 4.78 is 0.520. The Balaban J connectivity index is 2.18. The maximum atomic E-state index is 12.3. The average Bonchev–Trinajstić information content (AvgIpc) is 2.89. The molecule has 0 fully saturated rings. The van der Waals surface area contributed by atoms with Crippen LogP contribution < -0.4 is 0 Å². The van der Waals surface area contributed by atoms with E-state index < -0.39 is 0 Å². The van der Waals surface area contributed by atoms with Gasteiger partial charge >= 0.3 is 0 Å². The van der Waals surface area contributed by atoms with Crippen molar-refractivity contribution in [3.05, 3.63) is 58.4 Å². The minimum Gasteiger partial charge on any atom is -0.346 e. The second-order valence-electron chi connectivity index (χ2n) is 3.89. The molecule has 2 heterocycles. The number of carbonyl (C=O) groups excluding carboxylic acids is 1. The van der Waals surface area contributed by atoms with E-state index in [4.69, 9.17) is 12.2 Å². The van der Waals surface area contributed by atoms with Crippen molar-refractivity contribution in [2.24, 2.45) is 0 Å². The molecule has 5 heteroatoms. The van der Waals surface area contributed by atoms with Crippen LogP contribution in [0.4, 0.5) is 0 Å². The first kappa shape index (κ1) is 10.9. The molecule has 0 bridgehead atoms. The van der Waals surface area contributed by atoms with E-state index in [2.05, 4.69) is 15.2 Å². The van der Waals surface area contributed by atoms with Crippen molar-refractivity contribution in [3.63, 3.8) is 0 Å². The Bertz CT molecular complexity index is 774. The summed E-state index contributed by atoms with van der Waals surface area (Å²) in [5.41, 5.74) is 1.84. The summed E-state index contributed by atoms with van der Waals surface area (Å²) in [5, 5.41) is 7.44. The molecule has 88 valence electrons. The molecule has 0 aliphatic carbocycles. The highest BCUT2D eigenvalue weighted by Gasteiger charge is 2.12. The van der Waals surface area contributed by atoms with Crippen LogP contribution in [0.2, 0.25) is 0 Å². The Morgan fingerprint density at radius 2 is 2.00 bits per heavy atom. The van der Waals surface area contributed by atoms with Crippen molar-refractivity contribution < 1.29 is 4.79 Å². The lowest BCUT2D eigenvalue weighted by atomic mass is 10.0. The first-order chi connectivity index (χ1) is 8.77. The maximum absolute atomic E-state index is 12.3. The smallest absolute Gasteiger partial charge is 0.195 e. The van der Waals surface area contributed by atoms with Crippen molar-refractivity contribution in [1.29, 1.82) is 0 Å². The van der Waals surface area contributed by atoms with Crippen molar-refractivity contribution in [3.8, 4) is 0 Å². The fourth-order valence-electron chi connectivity index (χ4n) is 1.84. The molecule has 0 unspecified atom stereocenters. The fraction of sp³-hybridized carbons (Fsp3) is 0. The minimum atomic E-state index is -0.0834. The van der Waals surface area contributed by atoms with Crippen molar-refractivity contribution in [2.75, 3.05) is 0 Å². The molecule has 4 nitrogen and oxygen atoms in total. The maximum Gasteiger partial charge on any atom is 0.195 e. The van der Waals surface area contributed by atoms with Gasteiger partial charge in [0.25, 0.3) is 0 Å². The van der Waals surface area contributed by atoms with Crippen molar-refractivity contribution in [1.82, 2.24) is 15.2 Å². The number of fused-ring (bicyclic) bond motifs is 1. The molecule has 0 atom stereocenters. The van der Waals surface area contributed by atoms with E-state index in [1.807, 2.05) is 18.2 Å². The lowest BCUT2D eigenvalue weighted by Crippen LogP contribution is -2.02. The lowest BCUT2D eigenvalue weighted by molar-refractivity contribution is 0.103. The van der Waals surface area contributed by atoms with Crippen LogP contribution in [0.1, 0.15) is 15.9 Å². The molecule has 0 radical (unpaired) electrons. The van der Waals surface area contributed by atoms with Gasteiger partial charge in [0.1, 0.15) is 5.65 Å². The van der Waals surface area contributed by atoms with Crippen LogP contribution in [0.5, 0.6) is 0 Å². The number of nitrogens with one attached hydrogen (secondary N) is 2. The zero-order chi connectivity index (χ0) is 12.5. The quantitative estimate of drug-likeness (QED) is 0.546. The number of benzene rings is 1. The van der Waals surface area contributed by atoms with Crippen molar-refractivity contribution >= 4 is 29.0 Å². The zero-order valence-corrected chi connectivity index (χ0v) is 10.1. The molecule has 2 N–H and O–H groups in total. The van der Waals surface area contributed by atoms with Gasteiger partial charge in [0.15, 0.2) is 5.78 Å². The predicted molar refractivity (Wildman–Crippen MR) is 71.2 cm³/mol. The van der Waals surface area contributed by atoms with Crippen LogP contribution in [0, 0.1) is 4.51 Å². The molecule has 0 spiro atoms. The molecule has 2 aromatic heterocycles. The summed E-state index contributed by atoms with van der Waals surface area (Å²) in [5.74, 6) is -0.0834. The average molecular weight is 255 g/mol. The van der Waals surface area contributed by atoms with Gasteiger partial charge in [-0.05, 0) is 0 Å². The number of carbonyl (C=O) groups is 1. The Morgan fingerprint density at radius 1 is 1.22 bits per heavy atom. The van der Waals surface area contributed by atoms with Gasteiger partial charge in [-0.3, -0.25) is 9.89 Å². The van der Waals surface area contributed by atoms with Crippen molar-refractivity contribution in [2.45, 2.75) is 0 Å².